The van der Waals surface area contributed by atoms with Crippen LogP contribution in [-0.2, 0) is 6.42 Å². The minimum atomic E-state index is 0.411. The Balaban J connectivity index is 1.86. The van der Waals surface area contributed by atoms with Crippen molar-refractivity contribution in [2.45, 2.75) is 25.0 Å². The number of anilines is 1. The summed E-state index contributed by atoms with van der Waals surface area (Å²) in [6, 6.07) is 8.24. The fraction of sp³-hybridized carbons (Fsp3) is 0.571. The lowest BCUT2D eigenvalue weighted by atomic mass is 10.1. The van der Waals surface area contributed by atoms with Crippen molar-refractivity contribution in [1.29, 1.82) is 0 Å². The molecule has 2 rings (SSSR count). The van der Waals surface area contributed by atoms with Gasteiger partial charge in [-0.2, -0.15) is 11.8 Å². The van der Waals surface area contributed by atoms with Crippen LogP contribution in [0.3, 0.4) is 0 Å². The number of hydrogen-bond donors (Lipinski definition) is 1. The summed E-state index contributed by atoms with van der Waals surface area (Å²) < 4.78 is 0.411. The van der Waals surface area contributed by atoms with E-state index in [1.807, 2.05) is 12.1 Å². The molecule has 0 bridgehead atoms. The van der Waals surface area contributed by atoms with Crippen molar-refractivity contribution in [3.05, 3.63) is 29.8 Å². The SMILES string of the molecule is CC1(C)CN(CCc2cccc(N)c2)CCS1. The predicted octanol–water partition coefficient (Wildman–Crippen LogP) is 2.64. The fourth-order valence-electron chi connectivity index (χ4n) is 2.34. The highest BCUT2D eigenvalue weighted by molar-refractivity contribution is 8.00. The van der Waals surface area contributed by atoms with Crippen molar-refractivity contribution in [1.82, 2.24) is 4.90 Å². The molecule has 17 heavy (non-hydrogen) atoms. The quantitative estimate of drug-likeness (QED) is 0.836. The van der Waals surface area contributed by atoms with E-state index in [1.165, 1.54) is 24.4 Å². The first-order valence-corrected chi connectivity index (χ1v) is 7.24. The lowest BCUT2D eigenvalue weighted by Crippen LogP contribution is -2.43. The third kappa shape index (κ3) is 3.93. The van der Waals surface area contributed by atoms with Gasteiger partial charge in [0.2, 0.25) is 0 Å². The summed E-state index contributed by atoms with van der Waals surface area (Å²) in [5, 5.41) is 0. The van der Waals surface area contributed by atoms with E-state index < -0.39 is 0 Å². The summed E-state index contributed by atoms with van der Waals surface area (Å²) in [4.78, 5) is 2.57. The summed E-state index contributed by atoms with van der Waals surface area (Å²) in [7, 11) is 0. The van der Waals surface area contributed by atoms with Gasteiger partial charge < -0.3 is 10.6 Å². The third-order valence-corrected chi connectivity index (χ3v) is 4.47. The second-order valence-electron chi connectivity index (χ2n) is 5.38. The summed E-state index contributed by atoms with van der Waals surface area (Å²) >= 11 is 2.09. The fourth-order valence-corrected chi connectivity index (χ4v) is 3.52. The summed E-state index contributed by atoms with van der Waals surface area (Å²) in [5.41, 5.74) is 8.01. The zero-order chi connectivity index (χ0) is 12.3. The Labute approximate surface area is 109 Å². The van der Waals surface area contributed by atoms with E-state index >= 15 is 0 Å². The van der Waals surface area contributed by atoms with Crippen LogP contribution < -0.4 is 5.73 Å². The van der Waals surface area contributed by atoms with Crippen LogP contribution in [0.2, 0.25) is 0 Å². The molecule has 3 heteroatoms. The van der Waals surface area contributed by atoms with Crippen LogP contribution in [0, 0.1) is 0 Å². The van der Waals surface area contributed by atoms with Crippen molar-refractivity contribution in [2.75, 3.05) is 31.1 Å². The molecule has 0 unspecified atom stereocenters. The zero-order valence-electron chi connectivity index (χ0n) is 10.8. The summed E-state index contributed by atoms with van der Waals surface area (Å²) in [6.45, 7) is 8.23. The van der Waals surface area contributed by atoms with Gasteiger partial charge in [0.05, 0.1) is 0 Å². The molecule has 2 N–H and O–H groups in total. The Kier molecular flexibility index (Phi) is 4.00. The van der Waals surface area contributed by atoms with Gasteiger partial charge in [-0.15, -0.1) is 0 Å². The maximum Gasteiger partial charge on any atom is 0.0316 e. The van der Waals surface area contributed by atoms with E-state index in [0.29, 0.717) is 4.75 Å². The number of nitrogens with two attached hydrogens (primary N) is 1. The van der Waals surface area contributed by atoms with Crippen LogP contribution in [0.1, 0.15) is 19.4 Å². The number of nitrogen functional groups attached to an aromatic ring is 1. The molecule has 0 amide bonds. The average molecular weight is 250 g/mol. The molecule has 0 spiro atoms. The first-order valence-electron chi connectivity index (χ1n) is 6.26. The smallest absolute Gasteiger partial charge is 0.0316 e. The van der Waals surface area contributed by atoms with Gasteiger partial charge in [0.25, 0.3) is 0 Å². The zero-order valence-corrected chi connectivity index (χ0v) is 11.6. The van der Waals surface area contributed by atoms with Crippen molar-refractivity contribution in [2.24, 2.45) is 0 Å². The minimum absolute atomic E-state index is 0.411. The molecule has 0 saturated carbocycles. The maximum atomic E-state index is 5.79. The molecule has 2 nitrogen and oxygen atoms in total. The molecule has 1 aromatic carbocycles. The first-order chi connectivity index (χ1) is 8.05. The van der Waals surface area contributed by atoms with Gasteiger partial charge >= 0.3 is 0 Å². The molecule has 1 aromatic rings. The molecule has 1 saturated heterocycles. The molecule has 0 aliphatic carbocycles. The Bertz CT molecular complexity index is 376. The van der Waals surface area contributed by atoms with E-state index in [9.17, 15) is 0 Å². The van der Waals surface area contributed by atoms with Crippen LogP contribution in [0.15, 0.2) is 24.3 Å². The van der Waals surface area contributed by atoms with Crippen LogP contribution >= 0.6 is 11.8 Å². The second-order valence-corrected chi connectivity index (χ2v) is 7.18. The van der Waals surface area contributed by atoms with E-state index in [-0.39, 0.29) is 0 Å². The molecular weight excluding hydrogens is 228 g/mol. The van der Waals surface area contributed by atoms with Crippen LogP contribution in [-0.4, -0.2) is 35.0 Å². The van der Waals surface area contributed by atoms with E-state index in [4.69, 9.17) is 5.73 Å². The third-order valence-electron chi connectivity index (χ3n) is 3.17. The Morgan fingerprint density at radius 2 is 2.24 bits per heavy atom. The number of benzene rings is 1. The normalized spacial score (nSPS) is 20.4. The van der Waals surface area contributed by atoms with E-state index in [1.54, 1.807) is 0 Å². The molecule has 0 radical (unpaired) electrons. The molecule has 94 valence electrons. The Morgan fingerprint density at radius 3 is 2.94 bits per heavy atom. The lowest BCUT2D eigenvalue weighted by molar-refractivity contribution is 0.263. The van der Waals surface area contributed by atoms with Crippen LogP contribution in [0.4, 0.5) is 5.69 Å². The number of hydrogen-bond acceptors (Lipinski definition) is 3. The van der Waals surface area contributed by atoms with Crippen molar-refractivity contribution in [3.8, 4) is 0 Å². The largest absolute Gasteiger partial charge is 0.399 e. The number of nitrogens with zero attached hydrogens (tertiary/aromatic N) is 1. The van der Waals surface area contributed by atoms with Crippen LogP contribution in [0.25, 0.3) is 0 Å². The van der Waals surface area contributed by atoms with E-state index in [0.717, 1.165) is 18.7 Å². The number of rotatable bonds is 3. The monoisotopic (exact) mass is 250 g/mol. The topological polar surface area (TPSA) is 29.3 Å². The molecule has 1 fully saturated rings. The van der Waals surface area contributed by atoms with Gasteiger partial charge in [0.1, 0.15) is 0 Å². The molecular formula is C14H22N2S. The Morgan fingerprint density at radius 1 is 1.41 bits per heavy atom. The van der Waals surface area contributed by atoms with Crippen LogP contribution in [0.5, 0.6) is 0 Å². The van der Waals surface area contributed by atoms with Crippen molar-refractivity contribution >= 4 is 17.4 Å². The van der Waals surface area contributed by atoms with Crippen molar-refractivity contribution < 1.29 is 0 Å². The Hall–Kier alpha value is -0.670. The average Bonchev–Trinajstić information content (AvgIpc) is 2.25. The van der Waals surface area contributed by atoms with Gasteiger partial charge in [0.15, 0.2) is 0 Å². The van der Waals surface area contributed by atoms with Crippen molar-refractivity contribution in [3.63, 3.8) is 0 Å². The highest BCUT2D eigenvalue weighted by atomic mass is 32.2. The second kappa shape index (κ2) is 5.32. The minimum Gasteiger partial charge on any atom is -0.399 e. The summed E-state index contributed by atoms with van der Waals surface area (Å²) in [5.74, 6) is 1.25. The maximum absolute atomic E-state index is 5.79. The van der Waals surface area contributed by atoms with Gasteiger partial charge in [-0.25, -0.2) is 0 Å². The first kappa shape index (κ1) is 12.8. The highest BCUT2D eigenvalue weighted by Gasteiger charge is 2.26. The standard InChI is InChI=1S/C14H22N2S/c1-14(2)11-16(8-9-17-14)7-6-12-4-3-5-13(15)10-12/h3-5,10H,6-9,11,15H2,1-2H3. The predicted molar refractivity (Wildman–Crippen MR) is 77.5 cm³/mol. The molecule has 1 aliphatic heterocycles. The van der Waals surface area contributed by atoms with Gasteiger partial charge in [-0.1, -0.05) is 12.1 Å². The van der Waals surface area contributed by atoms with E-state index in [2.05, 4.69) is 42.6 Å². The van der Waals surface area contributed by atoms with Gasteiger partial charge in [-0.05, 0) is 38.0 Å². The highest BCUT2D eigenvalue weighted by Crippen LogP contribution is 2.29. The van der Waals surface area contributed by atoms with Gasteiger partial charge in [0, 0.05) is 35.8 Å². The number of thioether (sulfide) groups is 1. The molecule has 0 aromatic heterocycles. The molecule has 0 atom stereocenters. The summed E-state index contributed by atoms with van der Waals surface area (Å²) in [6.07, 6.45) is 1.10. The van der Waals surface area contributed by atoms with Gasteiger partial charge in [-0.3, -0.25) is 0 Å². The molecule has 1 heterocycles. The lowest BCUT2D eigenvalue weighted by Gasteiger charge is -2.37. The molecule has 1 aliphatic rings.